The first-order chi connectivity index (χ1) is 11.7. The molecule has 126 valence electrons. The molecule has 0 radical (unpaired) electrons. The van der Waals surface area contributed by atoms with Gasteiger partial charge in [0.2, 0.25) is 0 Å². The Kier molecular flexibility index (Phi) is 5.04. The molecule has 1 N–H and O–H groups in total. The standard InChI is InChI=1S/C20H25N3O/c1-3-17-6-4-5-7-19(17)22-12-14-23(15-13-22)20(24)21-18-10-8-16(2)9-11-18/h4-11H,3,12-15H2,1-2H3,(H,21,24). The first kappa shape index (κ1) is 16.4. The van der Waals surface area contributed by atoms with E-state index in [2.05, 4.69) is 41.4 Å². The van der Waals surface area contributed by atoms with Gasteiger partial charge in [-0.3, -0.25) is 0 Å². The number of aryl methyl sites for hydroxylation is 2. The number of carbonyl (C=O) groups excluding carboxylic acids is 1. The predicted octanol–water partition coefficient (Wildman–Crippen LogP) is 3.91. The lowest BCUT2D eigenvalue weighted by Crippen LogP contribution is -2.50. The maximum absolute atomic E-state index is 12.4. The number of urea groups is 1. The van der Waals surface area contributed by atoms with Crippen LogP contribution in [0.5, 0.6) is 0 Å². The van der Waals surface area contributed by atoms with Gasteiger partial charge in [0, 0.05) is 37.6 Å². The second kappa shape index (κ2) is 7.39. The van der Waals surface area contributed by atoms with Crippen molar-refractivity contribution in [3.8, 4) is 0 Å². The van der Waals surface area contributed by atoms with E-state index in [4.69, 9.17) is 0 Å². The van der Waals surface area contributed by atoms with Gasteiger partial charge in [-0.15, -0.1) is 0 Å². The average Bonchev–Trinajstić information content (AvgIpc) is 2.63. The maximum Gasteiger partial charge on any atom is 0.321 e. The van der Waals surface area contributed by atoms with Crippen LogP contribution in [0.25, 0.3) is 0 Å². The molecule has 1 aliphatic rings. The van der Waals surface area contributed by atoms with Crippen LogP contribution < -0.4 is 10.2 Å². The highest BCUT2D eigenvalue weighted by atomic mass is 16.2. The monoisotopic (exact) mass is 323 g/mol. The molecule has 0 spiro atoms. The van der Waals surface area contributed by atoms with Gasteiger partial charge >= 0.3 is 6.03 Å². The Morgan fingerprint density at radius 1 is 1.00 bits per heavy atom. The van der Waals surface area contributed by atoms with Crippen LogP contribution in [-0.2, 0) is 6.42 Å². The lowest BCUT2D eigenvalue weighted by Gasteiger charge is -2.37. The number of anilines is 2. The number of para-hydroxylation sites is 1. The molecular formula is C20H25N3O. The van der Waals surface area contributed by atoms with Crippen molar-refractivity contribution in [3.05, 3.63) is 59.7 Å². The van der Waals surface area contributed by atoms with E-state index in [-0.39, 0.29) is 6.03 Å². The Hall–Kier alpha value is -2.49. The van der Waals surface area contributed by atoms with E-state index in [1.54, 1.807) is 0 Å². The first-order valence-electron chi connectivity index (χ1n) is 8.63. The average molecular weight is 323 g/mol. The van der Waals surface area contributed by atoms with Crippen molar-refractivity contribution in [1.29, 1.82) is 0 Å². The predicted molar refractivity (Wildman–Crippen MR) is 99.8 cm³/mol. The fourth-order valence-corrected chi connectivity index (χ4v) is 3.11. The Morgan fingerprint density at radius 2 is 1.67 bits per heavy atom. The third-order valence-corrected chi connectivity index (χ3v) is 4.58. The van der Waals surface area contributed by atoms with Gasteiger partial charge in [0.05, 0.1) is 0 Å². The van der Waals surface area contributed by atoms with Crippen LogP contribution in [0.1, 0.15) is 18.1 Å². The van der Waals surface area contributed by atoms with Gasteiger partial charge in [-0.05, 0) is 37.1 Å². The number of hydrogen-bond acceptors (Lipinski definition) is 2. The number of rotatable bonds is 3. The summed E-state index contributed by atoms with van der Waals surface area (Å²) in [6.07, 6.45) is 1.03. The zero-order chi connectivity index (χ0) is 16.9. The molecule has 4 nitrogen and oxygen atoms in total. The van der Waals surface area contributed by atoms with Crippen LogP contribution in [0.2, 0.25) is 0 Å². The van der Waals surface area contributed by atoms with E-state index in [1.807, 2.05) is 36.1 Å². The van der Waals surface area contributed by atoms with Crippen LogP contribution in [0.3, 0.4) is 0 Å². The quantitative estimate of drug-likeness (QED) is 0.929. The smallest absolute Gasteiger partial charge is 0.321 e. The molecule has 1 fully saturated rings. The summed E-state index contributed by atoms with van der Waals surface area (Å²) in [5.41, 5.74) is 4.72. The topological polar surface area (TPSA) is 35.6 Å². The van der Waals surface area contributed by atoms with Crippen LogP contribution in [0.4, 0.5) is 16.2 Å². The largest absolute Gasteiger partial charge is 0.368 e. The highest BCUT2D eigenvalue weighted by molar-refractivity contribution is 5.89. The van der Waals surface area contributed by atoms with Crippen molar-refractivity contribution in [2.24, 2.45) is 0 Å². The van der Waals surface area contributed by atoms with Crippen LogP contribution in [-0.4, -0.2) is 37.1 Å². The first-order valence-corrected chi connectivity index (χ1v) is 8.63. The zero-order valence-electron chi connectivity index (χ0n) is 14.5. The van der Waals surface area contributed by atoms with Crippen LogP contribution >= 0.6 is 0 Å². The van der Waals surface area contributed by atoms with Crippen molar-refractivity contribution in [2.75, 3.05) is 36.4 Å². The summed E-state index contributed by atoms with van der Waals surface area (Å²) in [4.78, 5) is 16.7. The molecule has 24 heavy (non-hydrogen) atoms. The minimum Gasteiger partial charge on any atom is -0.368 e. The van der Waals surface area contributed by atoms with E-state index in [1.165, 1.54) is 16.8 Å². The highest BCUT2D eigenvalue weighted by Crippen LogP contribution is 2.22. The minimum absolute atomic E-state index is 0.0118. The van der Waals surface area contributed by atoms with Crippen molar-refractivity contribution in [3.63, 3.8) is 0 Å². The van der Waals surface area contributed by atoms with E-state index in [9.17, 15) is 4.79 Å². The van der Waals surface area contributed by atoms with Crippen molar-refractivity contribution >= 4 is 17.4 Å². The fraction of sp³-hybridized carbons (Fsp3) is 0.350. The SMILES string of the molecule is CCc1ccccc1N1CCN(C(=O)Nc2ccc(C)cc2)CC1. The number of nitrogens with zero attached hydrogens (tertiary/aromatic N) is 2. The lowest BCUT2D eigenvalue weighted by atomic mass is 10.1. The van der Waals surface area contributed by atoms with Gasteiger partial charge in [-0.1, -0.05) is 42.8 Å². The second-order valence-corrected chi connectivity index (χ2v) is 6.25. The highest BCUT2D eigenvalue weighted by Gasteiger charge is 2.22. The summed E-state index contributed by atoms with van der Waals surface area (Å²) >= 11 is 0. The van der Waals surface area contributed by atoms with Gasteiger partial charge in [-0.25, -0.2) is 4.79 Å². The molecule has 0 aromatic heterocycles. The van der Waals surface area contributed by atoms with Gasteiger partial charge in [0.1, 0.15) is 0 Å². The summed E-state index contributed by atoms with van der Waals surface area (Å²) in [6, 6.07) is 16.4. The van der Waals surface area contributed by atoms with E-state index in [0.29, 0.717) is 0 Å². The summed E-state index contributed by atoms with van der Waals surface area (Å²) in [6.45, 7) is 7.46. The van der Waals surface area contributed by atoms with E-state index >= 15 is 0 Å². The molecule has 2 amide bonds. The molecule has 0 unspecified atom stereocenters. The number of carbonyl (C=O) groups is 1. The third kappa shape index (κ3) is 3.70. The van der Waals surface area contributed by atoms with Crippen molar-refractivity contribution in [1.82, 2.24) is 4.90 Å². The van der Waals surface area contributed by atoms with E-state index in [0.717, 1.165) is 38.3 Å². The van der Waals surface area contributed by atoms with E-state index < -0.39 is 0 Å². The summed E-state index contributed by atoms with van der Waals surface area (Å²) in [5, 5.41) is 2.98. The van der Waals surface area contributed by atoms with Crippen molar-refractivity contribution in [2.45, 2.75) is 20.3 Å². The molecule has 1 aliphatic heterocycles. The Bertz CT molecular complexity index is 688. The molecule has 0 aliphatic carbocycles. The molecule has 0 saturated carbocycles. The second-order valence-electron chi connectivity index (χ2n) is 6.25. The molecule has 3 rings (SSSR count). The maximum atomic E-state index is 12.4. The molecule has 0 bridgehead atoms. The molecule has 1 saturated heterocycles. The number of hydrogen-bond donors (Lipinski definition) is 1. The third-order valence-electron chi connectivity index (χ3n) is 4.58. The summed E-state index contributed by atoms with van der Waals surface area (Å²) in [7, 11) is 0. The molecule has 1 heterocycles. The molecule has 2 aromatic rings. The Labute approximate surface area is 144 Å². The molecule has 2 aromatic carbocycles. The summed E-state index contributed by atoms with van der Waals surface area (Å²) in [5.74, 6) is 0. The minimum atomic E-state index is -0.0118. The van der Waals surface area contributed by atoms with Gasteiger partial charge in [0.25, 0.3) is 0 Å². The number of piperazine rings is 1. The van der Waals surface area contributed by atoms with Gasteiger partial charge in [-0.2, -0.15) is 0 Å². The number of amides is 2. The molecule has 4 heteroatoms. The summed E-state index contributed by atoms with van der Waals surface area (Å²) < 4.78 is 0. The molecule has 0 atom stereocenters. The van der Waals surface area contributed by atoms with Crippen LogP contribution in [0, 0.1) is 6.92 Å². The lowest BCUT2D eigenvalue weighted by molar-refractivity contribution is 0.208. The number of benzene rings is 2. The molecular weight excluding hydrogens is 298 g/mol. The fourth-order valence-electron chi connectivity index (χ4n) is 3.11. The zero-order valence-corrected chi connectivity index (χ0v) is 14.5. The Morgan fingerprint density at radius 3 is 2.33 bits per heavy atom. The number of nitrogens with one attached hydrogen (secondary N) is 1. The van der Waals surface area contributed by atoms with Gasteiger partial charge in [0.15, 0.2) is 0 Å². The van der Waals surface area contributed by atoms with Crippen LogP contribution in [0.15, 0.2) is 48.5 Å². The van der Waals surface area contributed by atoms with Gasteiger partial charge < -0.3 is 15.1 Å². The van der Waals surface area contributed by atoms with Crippen molar-refractivity contribution < 1.29 is 4.79 Å². The normalized spacial score (nSPS) is 14.6. The Balaban J connectivity index is 1.58.